The number of furan rings is 1. The summed E-state index contributed by atoms with van der Waals surface area (Å²) < 4.78 is 10.8. The average molecular weight is 416 g/mol. The van der Waals surface area contributed by atoms with Crippen molar-refractivity contribution < 1.29 is 18.5 Å². The van der Waals surface area contributed by atoms with Gasteiger partial charge in [-0.2, -0.15) is 0 Å². The number of hydrogen-bond acceptors (Lipinski definition) is 6. The van der Waals surface area contributed by atoms with Crippen LogP contribution in [0.15, 0.2) is 63.7 Å². The Bertz CT molecular complexity index is 1250. The lowest BCUT2D eigenvalue weighted by Crippen LogP contribution is -2.43. The van der Waals surface area contributed by atoms with Crippen molar-refractivity contribution in [2.75, 3.05) is 11.9 Å². The Morgan fingerprint density at radius 2 is 2.00 bits per heavy atom. The maximum absolute atomic E-state index is 13.6. The van der Waals surface area contributed by atoms with Crippen LogP contribution in [0, 0.1) is 6.92 Å². The van der Waals surface area contributed by atoms with Gasteiger partial charge in [0, 0.05) is 12.2 Å². The molecule has 1 saturated heterocycles. The predicted molar refractivity (Wildman–Crippen MR) is 113 cm³/mol. The maximum atomic E-state index is 13.6. The molecule has 4 aromatic rings. The molecule has 0 saturated carbocycles. The molecule has 8 heteroatoms. The van der Waals surface area contributed by atoms with Gasteiger partial charge >= 0.3 is 0 Å². The summed E-state index contributed by atoms with van der Waals surface area (Å²) in [5, 5.41) is 7.44. The minimum Gasteiger partial charge on any atom is -0.463 e. The fourth-order valence-corrected chi connectivity index (χ4v) is 4.00. The first-order valence-electron chi connectivity index (χ1n) is 10.1. The van der Waals surface area contributed by atoms with E-state index in [9.17, 15) is 9.59 Å². The van der Waals surface area contributed by atoms with Gasteiger partial charge in [0.25, 0.3) is 11.6 Å². The fraction of sp³-hybridized carbons (Fsp3) is 0.217. The van der Waals surface area contributed by atoms with Crippen LogP contribution in [0.3, 0.4) is 0 Å². The van der Waals surface area contributed by atoms with Gasteiger partial charge in [0.05, 0.1) is 22.9 Å². The molecule has 156 valence electrons. The van der Waals surface area contributed by atoms with E-state index in [1.807, 2.05) is 30.3 Å². The Morgan fingerprint density at radius 1 is 1.16 bits per heavy atom. The molecule has 2 amide bonds. The number of carbonyl (C=O) groups excluding carboxylic acids is 2. The van der Waals surface area contributed by atoms with Crippen LogP contribution >= 0.6 is 0 Å². The molecule has 1 aliphatic rings. The SMILES string of the molecule is Cc1noc2nc(-c3ccco3)cc(C(=O)N3CCCC3C(=O)Nc3ccccc3)c12. The molecule has 1 fully saturated rings. The lowest BCUT2D eigenvalue weighted by atomic mass is 10.1. The normalized spacial score (nSPS) is 16.0. The first-order valence-corrected chi connectivity index (χ1v) is 10.1. The quantitative estimate of drug-likeness (QED) is 0.539. The van der Waals surface area contributed by atoms with Gasteiger partial charge in [0.2, 0.25) is 5.91 Å². The zero-order valence-corrected chi connectivity index (χ0v) is 16.9. The molecule has 4 heterocycles. The number of amides is 2. The third kappa shape index (κ3) is 3.46. The number of anilines is 1. The molecule has 0 radical (unpaired) electrons. The second-order valence-electron chi connectivity index (χ2n) is 7.49. The predicted octanol–water partition coefficient (Wildman–Crippen LogP) is 4.03. The number of fused-ring (bicyclic) bond motifs is 1. The van der Waals surface area contributed by atoms with Crippen molar-refractivity contribution in [3.05, 3.63) is 66.1 Å². The summed E-state index contributed by atoms with van der Waals surface area (Å²) in [7, 11) is 0. The van der Waals surface area contributed by atoms with Crippen molar-refractivity contribution in [3.63, 3.8) is 0 Å². The third-order valence-corrected chi connectivity index (χ3v) is 5.48. The molecule has 3 aromatic heterocycles. The van der Waals surface area contributed by atoms with E-state index in [4.69, 9.17) is 8.94 Å². The Kier molecular flexibility index (Phi) is 4.74. The number of carbonyl (C=O) groups is 2. The molecule has 1 atom stereocenters. The highest BCUT2D eigenvalue weighted by Gasteiger charge is 2.36. The van der Waals surface area contributed by atoms with Crippen LogP contribution in [0.2, 0.25) is 0 Å². The monoisotopic (exact) mass is 416 g/mol. The topological polar surface area (TPSA) is 101 Å². The van der Waals surface area contributed by atoms with Gasteiger partial charge in [-0.05, 0) is 50.1 Å². The van der Waals surface area contributed by atoms with Crippen molar-refractivity contribution in [1.29, 1.82) is 0 Å². The minimum absolute atomic E-state index is 0.198. The van der Waals surface area contributed by atoms with E-state index >= 15 is 0 Å². The number of aromatic nitrogens is 2. The number of benzene rings is 1. The summed E-state index contributed by atoms with van der Waals surface area (Å²) in [5.41, 5.74) is 2.41. The van der Waals surface area contributed by atoms with Crippen molar-refractivity contribution in [3.8, 4) is 11.5 Å². The Morgan fingerprint density at radius 3 is 2.77 bits per heavy atom. The number of aryl methyl sites for hydroxylation is 1. The van der Waals surface area contributed by atoms with Crippen LogP contribution in [0.1, 0.15) is 28.9 Å². The molecule has 1 N–H and O–H groups in total. The van der Waals surface area contributed by atoms with Crippen molar-refractivity contribution >= 4 is 28.6 Å². The van der Waals surface area contributed by atoms with Gasteiger partial charge in [0.1, 0.15) is 11.7 Å². The van der Waals surface area contributed by atoms with Crippen molar-refractivity contribution in [2.24, 2.45) is 0 Å². The molecule has 1 aliphatic heterocycles. The number of likely N-dealkylation sites (tertiary alicyclic amines) is 1. The van der Waals surface area contributed by atoms with Crippen LogP contribution in [-0.4, -0.2) is 39.4 Å². The molecule has 0 spiro atoms. The molecule has 0 bridgehead atoms. The van der Waals surface area contributed by atoms with E-state index in [0.29, 0.717) is 46.8 Å². The van der Waals surface area contributed by atoms with Gasteiger partial charge in [-0.25, -0.2) is 4.98 Å². The third-order valence-electron chi connectivity index (χ3n) is 5.48. The van der Waals surface area contributed by atoms with Crippen LogP contribution in [-0.2, 0) is 4.79 Å². The summed E-state index contributed by atoms with van der Waals surface area (Å²) in [4.78, 5) is 32.6. The second kappa shape index (κ2) is 7.71. The molecule has 0 aliphatic carbocycles. The lowest BCUT2D eigenvalue weighted by molar-refractivity contribution is -0.119. The zero-order chi connectivity index (χ0) is 21.4. The molecular formula is C23H20N4O4. The Balaban J connectivity index is 1.50. The molecule has 8 nitrogen and oxygen atoms in total. The fourth-order valence-electron chi connectivity index (χ4n) is 4.00. The first-order chi connectivity index (χ1) is 15.1. The van der Waals surface area contributed by atoms with E-state index in [-0.39, 0.29) is 17.5 Å². The van der Waals surface area contributed by atoms with E-state index in [2.05, 4.69) is 15.5 Å². The number of rotatable bonds is 4. The zero-order valence-electron chi connectivity index (χ0n) is 16.9. The highest BCUT2D eigenvalue weighted by atomic mass is 16.5. The summed E-state index contributed by atoms with van der Waals surface area (Å²) in [5.74, 6) is 0.0673. The summed E-state index contributed by atoms with van der Waals surface area (Å²) in [6.07, 6.45) is 2.89. The summed E-state index contributed by atoms with van der Waals surface area (Å²) >= 11 is 0. The highest BCUT2D eigenvalue weighted by molar-refractivity contribution is 6.09. The minimum atomic E-state index is -0.553. The van der Waals surface area contributed by atoms with Crippen LogP contribution < -0.4 is 5.32 Å². The van der Waals surface area contributed by atoms with Crippen molar-refractivity contribution in [1.82, 2.24) is 15.0 Å². The van der Waals surface area contributed by atoms with E-state index in [1.165, 1.54) is 0 Å². The van der Waals surface area contributed by atoms with Crippen molar-refractivity contribution in [2.45, 2.75) is 25.8 Å². The largest absolute Gasteiger partial charge is 0.463 e. The smallest absolute Gasteiger partial charge is 0.259 e. The lowest BCUT2D eigenvalue weighted by Gasteiger charge is -2.24. The number of pyridine rings is 1. The molecule has 5 rings (SSSR count). The van der Waals surface area contributed by atoms with Gasteiger partial charge in [0.15, 0.2) is 5.76 Å². The average Bonchev–Trinajstić information content (AvgIpc) is 3.55. The number of nitrogens with one attached hydrogen (secondary N) is 1. The summed E-state index contributed by atoms with van der Waals surface area (Å²) in [6, 6.07) is 13.9. The van der Waals surface area contributed by atoms with E-state index < -0.39 is 6.04 Å². The van der Waals surface area contributed by atoms with Gasteiger partial charge in [-0.3, -0.25) is 9.59 Å². The Labute approximate surface area is 177 Å². The van der Waals surface area contributed by atoms with Crippen LogP contribution in [0.5, 0.6) is 0 Å². The van der Waals surface area contributed by atoms with Crippen LogP contribution in [0.25, 0.3) is 22.6 Å². The number of hydrogen-bond donors (Lipinski definition) is 1. The van der Waals surface area contributed by atoms with E-state index in [1.54, 1.807) is 36.3 Å². The van der Waals surface area contributed by atoms with Gasteiger partial charge < -0.3 is 19.2 Å². The van der Waals surface area contributed by atoms with E-state index in [0.717, 1.165) is 6.42 Å². The summed E-state index contributed by atoms with van der Waals surface area (Å²) in [6.45, 7) is 2.26. The molecule has 1 aromatic carbocycles. The van der Waals surface area contributed by atoms with Gasteiger partial charge in [-0.1, -0.05) is 23.4 Å². The maximum Gasteiger partial charge on any atom is 0.259 e. The molecule has 1 unspecified atom stereocenters. The second-order valence-corrected chi connectivity index (χ2v) is 7.49. The highest BCUT2D eigenvalue weighted by Crippen LogP contribution is 2.30. The Hall–Kier alpha value is -3.94. The first kappa shape index (κ1) is 19.0. The standard InChI is InChI=1S/C23H20N4O4/c1-14-20-16(13-17(19-10-6-12-30-19)25-22(20)31-26-14)23(29)27-11-5-9-18(27)21(28)24-15-7-3-2-4-8-15/h2-4,6-8,10,12-13,18H,5,9,11H2,1H3,(H,24,28). The molecule has 31 heavy (non-hydrogen) atoms. The number of nitrogens with zero attached hydrogens (tertiary/aromatic N) is 3. The molecular weight excluding hydrogens is 396 g/mol. The van der Waals surface area contributed by atoms with Gasteiger partial charge in [-0.15, -0.1) is 0 Å². The number of para-hydroxylation sites is 1. The van der Waals surface area contributed by atoms with Crippen LogP contribution in [0.4, 0.5) is 5.69 Å².